The van der Waals surface area contributed by atoms with Crippen LogP contribution in [0.1, 0.15) is 32.4 Å². The number of aliphatic hydroxyl groups excluding tert-OH is 1. The van der Waals surface area contributed by atoms with Gasteiger partial charge >= 0.3 is 16.2 Å². The zero-order valence-corrected chi connectivity index (χ0v) is 19.3. The number of benzene rings is 3. The maximum absolute atomic E-state index is 12.8. The molecule has 0 aliphatic heterocycles. The summed E-state index contributed by atoms with van der Waals surface area (Å²) in [5.74, 6) is 0.120. The molecule has 0 fully saturated rings. The first-order valence-corrected chi connectivity index (χ1v) is 11.5. The van der Waals surface area contributed by atoms with E-state index in [-0.39, 0.29) is 17.2 Å². The minimum Gasteiger partial charge on any atom is -0.444 e. The molecule has 3 aromatic rings. The number of carbonyl (C=O) groups is 1. The third kappa shape index (κ3) is 5.77. The Labute approximate surface area is 188 Å². The Morgan fingerprint density at radius 2 is 1.62 bits per heavy atom. The molecule has 0 bridgehead atoms. The van der Waals surface area contributed by atoms with Gasteiger partial charge in [0.25, 0.3) is 0 Å². The number of hydrogen-bond acceptors (Lipinski definition) is 6. The Bertz CT molecular complexity index is 1190. The van der Waals surface area contributed by atoms with Gasteiger partial charge in [-0.15, -0.1) is 0 Å². The van der Waals surface area contributed by atoms with Crippen LogP contribution in [-0.2, 0) is 14.9 Å². The molecule has 1 N–H and O–H groups in total. The number of rotatable bonds is 6. The number of nitrogens with zero attached hydrogens (tertiary/aromatic N) is 1. The van der Waals surface area contributed by atoms with Crippen molar-refractivity contribution in [2.24, 2.45) is 0 Å². The molecule has 3 rings (SSSR count). The molecular formula is C24H27NO6S. The SMILES string of the molecule is CN(CC(O)c1ccc(OS(=O)(=O)c2cccc3ccccc23)cc1)C(=O)OC(C)(C)C. The van der Waals surface area contributed by atoms with E-state index in [0.717, 1.165) is 5.39 Å². The van der Waals surface area contributed by atoms with Gasteiger partial charge in [0.15, 0.2) is 0 Å². The van der Waals surface area contributed by atoms with Gasteiger partial charge in [-0.25, -0.2) is 4.79 Å². The Kier molecular flexibility index (Phi) is 6.76. The molecule has 8 heteroatoms. The van der Waals surface area contributed by atoms with Gasteiger partial charge in [0.1, 0.15) is 16.2 Å². The van der Waals surface area contributed by atoms with Crippen LogP contribution < -0.4 is 4.18 Å². The van der Waals surface area contributed by atoms with Crippen molar-refractivity contribution in [3.63, 3.8) is 0 Å². The largest absolute Gasteiger partial charge is 0.444 e. The number of fused-ring (bicyclic) bond motifs is 1. The maximum atomic E-state index is 12.8. The first-order chi connectivity index (χ1) is 15.0. The van der Waals surface area contributed by atoms with Crippen molar-refractivity contribution in [1.82, 2.24) is 4.90 Å². The van der Waals surface area contributed by atoms with Gasteiger partial charge in [0.2, 0.25) is 0 Å². The zero-order valence-electron chi connectivity index (χ0n) is 18.5. The second-order valence-electron chi connectivity index (χ2n) is 8.46. The molecule has 0 aromatic heterocycles. The summed E-state index contributed by atoms with van der Waals surface area (Å²) in [6.45, 7) is 5.31. The van der Waals surface area contributed by atoms with Crippen molar-refractivity contribution in [3.8, 4) is 5.75 Å². The van der Waals surface area contributed by atoms with Crippen LogP contribution in [0.2, 0.25) is 0 Å². The highest BCUT2D eigenvalue weighted by molar-refractivity contribution is 7.87. The van der Waals surface area contributed by atoms with Crippen LogP contribution >= 0.6 is 0 Å². The van der Waals surface area contributed by atoms with Gasteiger partial charge in [-0.3, -0.25) is 0 Å². The Hall–Kier alpha value is -3.10. The molecule has 0 aliphatic rings. The highest BCUT2D eigenvalue weighted by atomic mass is 32.2. The van der Waals surface area contributed by atoms with Crippen molar-refractivity contribution < 1.29 is 27.2 Å². The van der Waals surface area contributed by atoms with Crippen LogP contribution in [-0.4, -0.2) is 43.7 Å². The fraction of sp³-hybridized carbons (Fsp3) is 0.292. The van der Waals surface area contributed by atoms with Crippen LogP contribution in [0.3, 0.4) is 0 Å². The summed E-state index contributed by atoms with van der Waals surface area (Å²) in [7, 11) is -2.52. The monoisotopic (exact) mass is 457 g/mol. The van der Waals surface area contributed by atoms with Crippen LogP contribution in [0, 0.1) is 0 Å². The molecule has 0 aliphatic carbocycles. The van der Waals surface area contributed by atoms with E-state index in [0.29, 0.717) is 10.9 Å². The predicted molar refractivity (Wildman–Crippen MR) is 122 cm³/mol. The molecule has 1 atom stereocenters. The van der Waals surface area contributed by atoms with Crippen molar-refractivity contribution in [1.29, 1.82) is 0 Å². The molecular weight excluding hydrogens is 430 g/mol. The molecule has 0 heterocycles. The summed E-state index contributed by atoms with van der Waals surface area (Å²) < 4.78 is 36.3. The van der Waals surface area contributed by atoms with E-state index in [1.807, 2.05) is 18.2 Å². The number of carbonyl (C=O) groups excluding carboxylic acids is 1. The first kappa shape index (κ1) is 23.6. The molecule has 170 valence electrons. The second-order valence-corrected chi connectivity index (χ2v) is 9.98. The van der Waals surface area contributed by atoms with Gasteiger partial charge in [-0.2, -0.15) is 8.42 Å². The van der Waals surface area contributed by atoms with Crippen LogP contribution in [0.25, 0.3) is 10.8 Å². The first-order valence-electron chi connectivity index (χ1n) is 10.1. The normalized spacial score (nSPS) is 12.9. The molecule has 0 saturated heterocycles. The fourth-order valence-corrected chi connectivity index (χ4v) is 4.26. The van der Waals surface area contributed by atoms with Crippen molar-refractivity contribution in [3.05, 3.63) is 72.3 Å². The van der Waals surface area contributed by atoms with Crippen molar-refractivity contribution >= 4 is 27.0 Å². The van der Waals surface area contributed by atoms with Gasteiger partial charge < -0.3 is 18.9 Å². The molecule has 1 amide bonds. The zero-order chi connectivity index (χ0) is 23.5. The van der Waals surface area contributed by atoms with Gasteiger partial charge in [-0.1, -0.05) is 48.5 Å². The summed E-state index contributed by atoms with van der Waals surface area (Å²) in [6.07, 6.45) is -1.52. The third-order valence-corrected chi connectivity index (χ3v) is 5.95. The fourth-order valence-electron chi connectivity index (χ4n) is 3.11. The average Bonchev–Trinajstić information content (AvgIpc) is 2.72. The Balaban J connectivity index is 1.71. The Morgan fingerprint density at radius 3 is 2.28 bits per heavy atom. The van der Waals surface area contributed by atoms with Gasteiger partial charge in [0.05, 0.1) is 12.6 Å². The van der Waals surface area contributed by atoms with Crippen LogP contribution in [0.5, 0.6) is 5.75 Å². The third-order valence-electron chi connectivity index (χ3n) is 4.64. The maximum Gasteiger partial charge on any atom is 0.410 e. The topological polar surface area (TPSA) is 93.1 Å². The molecule has 3 aromatic carbocycles. The van der Waals surface area contributed by atoms with E-state index in [4.69, 9.17) is 8.92 Å². The summed E-state index contributed by atoms with van der Waals surface area (Å²) in [5, 5.41) is 11.8. The quantitative estimate of drug-likeness (QED) is 0.548. The van der Waals surface area contributed by atoms with Gasteiger partial charge in [-0.05, 0) is 49.9 Å². The highest BCUT2D eigenvalue weighted by Gasteiger charge is 2.23. The van der Waals surface area contributed by atoms with E-state index >= 15 is 0 Å². The van der Waals surface area contributed by atoms with E-state index in [1.165, 1.54) is 30.1 Å². The number of amides is 1. The molecule has 0 saturated carbocycles. The number of aliphatic hydroxyl groups is 1. The predicted octanol–water partition coefficient (Wildman–Crippen LogP) is 4.51. The van der Waals surface area contributed by atoms with Crippen molar-refractivity contribution in [2.75, 3.05) is 13.6 Å². The lowest BCUT2D eigenvalue weighted by molar-refractivity contribution is 0.0205. The van der Waals surface area contributed by atoms with E-state index < -0.39 is 27.9 Å². The van der Waals surface area contributed by atoms with E-state index in [1.54, 1.807) is 51.1 Å². The van der Waals surface area contributed by atoms with E-state index in [2.05, 4.69) is 0 Å². The summed E-state index contributed by atoms with van der Waals surface area (Å²) in [4.78, 5) is 13.4. The average molecular weight is 458 g/mol. The standard InChI is InChI=1S/C24H27NO6S/c1-24(2,3)30-23(27)25(4)16-21(26)18-12-14-19(15-13-18)31-32(28,29)22-11-7-9-17-8-5-6-10-20(17)22/h5-15,21,26H,16H2,1-4H3. The minimum absolute atomic E-state index is 0.0173. The smallest absolute Gasteiger partial charge is 0.410 e. The minimum atomic E-state index is -4.05. The summed E-state index contributed by atoms with van der Waals surface area (Å²) >= 11 is 0. The molecule has 0 radical (unpaired) electrons. The number of likely N-dealkylation sites (N-methyl/N-ethyl adjacent to an activating group) is 1. The van der Waals surface area contributed by atoms with E-state index in [9.17, 15) is 18.3 Å². The van der Waals surface area contributed by atoms with Crippen LogP contribution in [0.15, 0.2) is 71.6 Å². The molecule has 1 unspecified atom stereocenters. The second kappa shape index (κ2) is 9.18. The number of ether oxygens (including phenoxy) is 1. The lowest BCUT2D eigenvalue weighted by atomic mass is 10.1. The Morgan fingerprint density at radius 1 is 1.00 bits per heavy atom. The summed E-state index contributed by atoms with van der Waals surface area (Å²) in [5.41, 5.74) is -0.125. The molecule has 32 heavy (non-hydrogen) atoms. The van der Waals surface area contributed by atoms with Gasteiger partial charge in [0, 0.05) is 12.4 Å². The van der Waals surface area contributed by atoms with Crippen molar-refractivity contribution in [2.45, 2.75) is 37.4 Å². The lowest BCUT2D eigenvalue weighted by Crippen LogP contribution is -2.36. The molecule has 7 nitrogen and oxygen atoms in total. The van der Waals surface area contributed by atoms with Crippen LogP contribution in [0.4, 0.5) is 4.79 Å². The molecule has 0 spiro atoms. The summed E-state index contributed by atoms with van der Waals surface area (Å²) in [6, 6.07) is 18.2. The lowest BCUT2D eigenvalue weighted by Gasteiger charge is -2.26. The number of hydrogen-bond donors (Lipinski definition) is 1. The highest BCUT2D eigenvalue weighted by Crippen LogP contribution is 2.27.